The SMILES string of the molecule is CC1(Nc2ccc3scnc3c2N)CCOC1. The van der Waals surface area contributed by atoms with Crippen LogP contribution in [0.15, 0.2) is 17.6 Å². The zero-order valence-corrected chi connectivity index (χ0v) is 10.5. The average molecular weight is 249 g/mol. The summed E-state index contributed by atoms with van der Waals surface area (Å²) in [5.41, 5.74) is 10.5. The van der Waals surface area contributed by atoms with Gasteiger partial charge >= 0.3 is 0 Å². The molecule has 0 bridgehead atoms. The lowest BCUT2D eigenvalue weighted by atomic mass is 10.0. The van der Waals surface area contributed by atoms with Crippen molar-refractivity contribution in [2.24, 2.45) is 0 Å². The number of nitrogens with two attached hydrogens (primary N) is 1. The van der Waals surface area contributed by atoms with Gasteiger partial charge in [-0.1, -0.05) is 0 Å². The van der Waals surface area contributed by atoms with Gasteiger partial charge in [-0.2, -0.15) is 0 Å². The fourth-order valence-corrected chi connectivity index (χ4v) is 2.84. The molecule has 1 aromatic heterocycles. The number of ether oxygens (including phenoxy) is 1. The molecule has 3 rings (SSSR count). The summed E-state index contributed by atoms with van der Waals surface area (Å²) < 4.78 is 6.55. The second-order valence-corrected chi connectivity index (χ2v) is 5.60. The molecule has 1 unspecified atom stereocenters. The number of nitrogens with zero attached hydrogens (tertiary/aromatic N) is 1. The highest BCUT2D eigenvalue weighted by molar-refractivity contribution is 7.16. The molecule has 4 nitrogen and oxygen atoms in total. The van der Waals surface area contributed by atoms with Crippen LogP contribution in [0.3, 0.4) is 0 Å². The van der Waals surface area contributed by atoms with Gasteiger partial charge in [0.25, 0.3) is 0 Å². The van der Waals surface area contributed by atoms with E-state index in [1.165, 1.54) is 0 Å². The minimum atomic E-state index is -0.0161. The molecule has 1 aliphatic heterocycles. The molecule has 0 aliphatic carbocycles. The summed E-state index contributed by atoms with van der Waals surface area (Å²) in [5, 5.41) is 3.48. The minimum absolute atomic E-state index is 0.0161. The number of hydrogen-bond acceptors (Lipinski definition) is 5. The number of thiazole rings is 1. The van der Waals surface area contributed by atoms with Crippen molar-refractivity contribution >= 4 is 32.9 Å². The number of aromatic nitrogens is 1. The fraction of sp³-hybridized carbons (Fsp3) is 0.417. The maximum absolute atomic E-state index is 6.14. The monoisotopic (exact) mass is 249 g/mol. The Balaban J connectivity index is 1.97. The molecule has 3 N–H and O–H groups in total. The van der Waals surface area contributed by atoms with Gasteiger partial charge in [-0.25, -0.2) is 4.98 Å². The molecule has 1 saturated heterocycles. The van der Waals surface area contributed by atoms with Crippen molar-refractivity contribution in [1.29, 1.82) is 0 Å². The van der Waals surface area contributed by atoms with E-state index in [2.05, 4.69) is 23.3 Å². The number of fused-ring (bicyclic) bond motifs is 1. The van der Waals surface area contributed by atoms with Crippen LogP contribution in [-0.4, -0.2) is 23.7 Å². The molecule has 0 radical (unpaired) electrons. The molecule has 17 heavy (non-hydrogen) atoms. The van der Waals surface area contributed by atoms with Gasteiger partial charge in [-0.3, -0.25) is 0 Å². The molecule has 1 aromatic carbocycles. The summed E-state index contributed by atoms with van der Waals surface area (Å²) in [6.07, 6.45) is 1.00. The van der Waals surface area contributed by atoms with E-state index in [0.29, 0.717) is 0 Å². The molecule has 0 amide bonds. The molecular formula is C12H15N3OS. The summed E-state index contributed by atoms with van der Waals surface area (Å²) in [5.74, 6) is 0. The van der Waals surface area contributed by atoms with Crippen LogP contribution in [0.5, 0.6) is 0 Å². The van der Waals surface area contributed by atoms with Gasteiger partial charge in [0.15, 0.2) is 0 Å². The Labute approximate surface area is 104 Å². The van der Waals surface area contributed by atoms with E-state index in [-0.39, 0.29) is 5.54 Å². The predicted octanol–water partition coefficient (Wildman–Crippen LogP) is 2.47. The molecule has 5 heteroatoms. The first-order valence-corrected chi connectivity index (χ1v) is 6.54. The van der Waals surface area contributed by atoms with Gasteiger partial charge in [0.05, 0.1) is 33.7 Å². The van der Waals surface area contributed by atoms with Crippen LogP contribution >= 0.6 is 11.3 Å². The first-order chi connectivity index (χ1) is 8.18. The highest BCUT2D eigenvalue weighted by Crippen LogP contribution is 2.33. The first kappa shape index (κ1) is 10.8. The number of hydrogen-bond donors (Lipinski definition) is 2. The third-order valence-corrected chi connectivity index (χ3v) is 3.99. The Hall–Kier alpha value is -1.33. The van der Waals surface area contributed by atoms with Crippen molar-refractivity contribution in [3.8, 4) is 0 Å². The van der Waals surface area contributed by atoms with Gasteiger partial charge in [0.1, 0.15) is 5.52 Å². The number of benzene rings is 1. The average Bonchev–Trinajstić information content (AvgIpc) is 2.92. The minimum Gasteiger partial charge on any atom is -0.395 e. The van der Waals surface area contributed by atoms with Crippen molar-refractivity contribution in [3.63, 3.8) is 0 Å². The Morgan fingerprint density at radius 2 is 2.41 bits per heavy atom. The number of nitrogens with one attached hydrogen (secondary N) is 1. The number of rotatable bonds is 2. The van der Waals surface area contributed by atoms with Crippen molar-refractivity contribution in [2.45, 2.75) is 18.9 Å². The summed E-state index contributed by atoms with van der Waals surface area (Å²) in [7, 11) is 0. The molecule has 0 saturated carbocycles. The van der Waals surface area contributed by atoms with Crippen LogP contribution in [0.25, 0.3) is 10.2 Å². The summed E-state index contributed by atoms with van der Waals surface area (Å²) >= 11 is 1.61. The zero-order chi connectivity index (χ0) is 11.9. The third-order valence-electron chi connectivity index (χ3n) is 3.20. The topological polar surface area (TPSA) is 60.2 Å². The Morgan fingerprint density at radius 3 is 3.18 bits per heavy atom. The van der Waals surface area contributed by atoms with Crippen molar-refractivity contribution < 1.29 is 4.74 Å². The van der Waals surface area contributed by atoms with E-state index in [4.69, 9.17) is 10.5 Å². The van der Waals surface area contributed by atoms with Crippen LogP contribution < -0.4 is 11.1 Å². The molecule has 2 aromatic rings. The van der Waals surface area contributed by atoms with Crippen molar-refractivity contribution in [2.75, 3.05) is 24.3 Å². The summed E-state index contributed by atoms with van der Waals surface area (Å²) in [6, 6.07) is 4.09. The predicted molar refractivity (Wildman–Crippen MR) is 71.5 cm³/mol. The second kappa shape index (κ2) is 3.85. The molecule has 1 fully saturated rings. The van der Waals surface area contributed by atoms with Gasteiger partial charge in [0, 0.05) is 6.61 Å². The first-order valence-electron chi connectivity index (χ1n) is 5.66. The van der Waals surface area contributed by atoms with Gasteiger partial charge in [0.2, 0.25) is 0 Å². The van der Waals surface area contributed by atoms with Crippen LogP contribution in [-0.2, 0) is 4.74 Å². The third kappa shape index (κ3) is 1.85. The standard InChI is InChI=1S/C12H15N3OS/c1-12(4-5-16-6-12)15-8-2-3-9-11(10(8)13)14-7-17-9/h2-3,7,15H,4-6,13H2,1H3. The summed E-state index contributed by atoms with van der Waals surface area (Å²) in [4.78, 5) is 4.30. The van der Waals surface area contributed by atoms with Crippen LogP contribution in [0.2, 0.25) is 0 Å². The Bertz CT molecular complexity index is 546. The molecule has 1 aliphatic rings. The maximum atomic E-state index is 6.14. The Morgan fingerprint density at radius 1 is 1.53 bits per heavy atom. The Kier molecular flexibility index (Phi) is 2.45. The lowest BCUT2D eigenvalue weighted by Crippen LogP contribution is -2.35. The van der Waals surface area contributed by atoms with Crippen molar-refractivity contribution in [1.82, 2.24) is 4.98 Å². The van der Waals surface area contributed by atoms with E-state index in [1.807, 2.05) is 11.6 Å². The number of anilines is 2. The number of nitrogen functional groups attached to an aromatic ring is 1. The van der Waals surface area contributed by atoms with Crippen LogP contribution in [0.1, 0.15) is 13.3 Å². The highest BCUT2D eigenvalue weighted by Gasteiger charge is 2.30. The van der Waals surface area contributed by atoms with Gasteiger partial charge in [-0.05, 0) is 25.5 Å². The van der Waals surface area contributed by atoms with Crippen LogP contribution in [0.4, 0.5) is 11.4 Å². The molecule has 2 heterocycles. The van der Waals surface area contributed by atoms with E-state index < -0.39 is 0 Å². The van der Waals surface area contributed by atoms with E-state index in [1.54, 1.807) is 11.3 Å². The van der Waals surface area contributed by atoms with Gasteiger partial charge < -0.3 is 15.8 Å². The van der Waals surface area contributed by atoms with E-state index >= 15 is 0 Å². The smallest absolute Gasteiger partial charge is 0.106 e. The van der Waals surface area contributed by atoms with E-state index in [9.17, 15) is 0 Å². The molecule has 90 valence electrons. The lowest BCUT2D eigenvalue weighted by Gasteiger charge is -2.25. The van der Waals surface area contributed by atoms with Crippen molar-refractivity contribution in [3.05, 3.63) is 17.6 Å². The maximum Gasteiger partial charge on any atom is 0.106 e. The van der Waals surface area contributed by atoms with Gasteiger partial charge in [-0.15, -0.1) is 11.3 Å². The van der Waals surface area contributed by atoms with Crippen LogP contribution in [0, 0.1) is 0 Å². The second-order valence-electron chi connectivity index (χ2n) is 4.71. The summed E-state index contributed by atoms with van der Waals surface area (Å²) in [6.45, 7) is 3.69. The molecular weight excluding hydrogens is 234 g/mol. The molecule has 1 atom stereocenters. The zero-order valence-electron chi connectivity index (χ0n) is 9.69. The fourth-order valence-electron chi connectivity index (χ4n) is 2.15. The normalized spacial score (nSPS) is 24.3. The molecule has 0 spiro atoms. The lowest BCUT2D eigenvalue weighted by molar-refractivity contribution is 0.185. The quantitative estimate of drug-likeness (QED) is 0.803. The highest BCUT2D eigenvalue weighted by atomic mass is 32.1. The largest absolute Gasteiger partial charge is 0.395 e. The van der Waals surface area contributed by atoms with E-state index in [0.717, 1.165) is 41.2 Å².